The first-order chi connectivity index (χ1) is 9.11. The van der Waals surface area contributed by atoms with Crippen LogP contribution in [0.4, 0.5) is 0 Å². The molecule has 106 valence electrons. The lowest BCUT2D eigenvalue weighted by Gasteiger charge is -2.38. The maximum Gasteiger partial charge on any atom is 0.0409 e. The Labute approximate surface area is 121 Å². The Morgan fingerprint density at radius 1 is 1.32 bits per heavy atom. The minimum atomic E-state index is 0.413. The fourth-order valence-electron chi connectivity index (χ4n) is 3.24. The van der Waals surface area contributed by atoms with Gasteiger partial charge in [0.2, 0.25) is 0 Å². The van der Waals surface area contributed by atoms with Crippen LogP contribution in [0.25, 0.3) is 0 Å². The predicted molar refractivity (Wildman–Crippen MR) is 82.5 cm³/mol. The van der Waals surface area contributed by atoms with E-state index in [-0.39, 0.29) is 0 Å². The first-order valence-corrected chi connectivity index (χ1v) is 7.72. The highest BCUT2D eigenvalue weighted by molar-refractivity contribution is 6.30. The molecule has 0 spiro atoms. The number of nitrogens with two attached hydrogens (primary N) is 1. The molecule has 0 amide bonds. The normalized spacial score (nSPS) is 25.5. The molecule has 2 nitrogen and oxygen atoms in total. The average Bonchev–Trinajstić information content (AvgIpc) is 2.40. The molecule has 2 rings (SSSR count). The molecule has 1 atom stereocenters. The van der Waals surface area contributed by atoms with Gasteiger partial charge in [-0.25, -0.2) is 0 Å². The van der Waals surface area contributed by atoms with Crippen LogP contribution in [0.5, 0.6) is 0 Å². The highest BCUT2D eigenvalue weighted by Gasteiger charge is 2.26. The topological polar surface area (TPSA) is 29.3 Å². The molecule has 1 aliphatic carbocycles. The van der Waals surface area contributed by atoms with E-state index < -0.39 is 0 Å². The van der Waals surface area contributed by atoms with E-state index >= 15 is 0 Å². The second kappa shape index (κ2) is 6.74. The van der Waals surface area contributed by atoms with Crippen molar-refractivity contribution in [2.45, 2.75) is 57.2 Å². The molecule has 1 fully saturated rings. The third-order valence-corrected chi connectivity index (χ3v) is 4.66. The fourth-order valence-corrected chi connectivity index (χ4v) is 3.43. The van der Waals surface area contributed by atoms with E-state index in [1.807, 2.05) is 12.1 Å². The van der Waals surface area contributed by atoms with Gasteiger partial charge in [0.25, 0.3) is 0 Å². The van der Waals surface area contributed by atoms with Crippen LogP contribution in [0.15, 0.2) is 24.3 Å². The smallest absolute Gasteiger partial charge is 0.0409 e. The van der Waals surface area contributed by atoms with Gasteiger partial charge in [-0.05, 0) is 56.8 Å². The Balaban J connectivity index is 2.08. The Morgan fingerprint density at radius 2 is 2.00 bits per heavy atom. The lowest BCUT2D eigenvalue weighted by atomic mass is 9.89. The average molecular weight is 281 g/mol. The van der Waals surface area contributed by atoms with E-state index in [0.717, 1.165) is 24.3 Å². The molecule has 2 N–H and O–H groups in total. The van der Waals surface area contributed by atoms with Crippen molar-refractivity contribution in [3.8, 4) is 0 Å². The molecule has 0 aliphatic heterocycles. The van der Waals surface area contributed by atoms with Gasteiger partial charge in [0.05, 0.1) is 0 Å². The van der Waals surface area contributed by atoms with Gasteiger partial charge in [-0.15, -0.1) is 0 Å². The molecule has 1 saturated carbocycles. The summed E-state index contributed by atoms with van der Waals surface area (Å²) in [6.07, 6.45) is 5.85. The van der Waals surface area contributed by atoms with Gasteiger partial charge >= 0.3 is 0 Å². The van der Waals surface area contributed by atoms with Crippen LogP contribution in [0.1, 0.15) is 50.6 Å². The van der Waals surface area contributed by atoms with Crippen molar-refractivity contribution in [2.75, 3.05) is 7.05 Å². The number of rotatable bonds is 4. The van der Waals surface area contributed by atoms with Gasteiger partial charge in [0.1, 0.15) is 0 Å². The number of nitrogens with zero attached hydrogens (tertiary/aromatic N) is 1. The highest BCUT2D eigenvalue weighted by atomic mass is 35.5. The molecular formula is C16H25ClN2. The molecule has 1 unspecified atom stereocenters. The van der Waals surface area contributed by atoms with Crippen molar-refractivity contribution in [2.24, 2.45) is 5.73 Å². The summed E-state index contributed by atoms with van der Waals surface area (Å²) in [6.45, 7) is 2.25. The summed E-state index contributed by atoms with van der Waals surface area (Å²) < 4.78 is 0. The van der Waals surface area contributed by atoms with Crippen molar-refractivity contribution in [1.29, 1.82) is 0 Å². The molecular weight excluding hydrogens is 256 g/mol. The van der Waals surface area contributed by atoms with Crippen molar-refractivity contribution < 1.29 is 0 Å². The van der Waals surface area contributed by atoms with Crippen LogP contribution in [0.3, 0.4) is 0 Å². The third kappa shape index (κ3) is 3.71. The van der Waals surface area contributed by atoms with Crippen LogP contribution < -0.4 is 5.73 Å². The predicted octanol–water partition coefficient (Wildman–Crippen LogP) is 3.99. The lowest BCUT2D eigenvalue weighted by Crippen LogP contribution is -2.40. The monoisotopic (exact) mass is 280 g/mol. The van der Waals surface area contributed by atoms with Gasteiger partial charge < -0.3 is 5.73 Å². The summed E-state index contributed by atoms with van der Waals surface area (Å²) in [7, 11) is 2.25. The summed E-state index contributed by atoms with van der Waals surface area (Å²) >= 11 is 6.12. The van der Waals surface area contributed by atoms with Gasteiger partial charge in [-0.2, -0.15) is 0 Å². The lowest BCUT2D eigenvalue weighted by molar-refractivity contribution is 0.128. The Kier molecular flexibility index (Phi) is 5.26. The van der Waals surface area contributed by atoms with Crippen LogP contribution in [-0.4, -0.2) is 24.0 Å². The molecule has 1 aliphatic rings. The highest BCUT2D eigenvalue weighted by Crippen LogP contribution is 2.31. The van der Waals surface area contributed by atoms with Crippen LogP contribution in [-0.2, 0) is 0 Å². The molecule has 1 aromatic rings. The van der Waals surface area contributed by atoms with E-state index in [4.69, 9.17) is 17.3 Å². The zero-order chi connectivity index (χ0) is 13.8. The minimum absolute atomic E-state index is 0.413. The maximum atomic E-state index is 6.12. The SMILES string of the molecule is CCC(c1cccc(Cl)c1)N(C)C1CCC(N)CC1. The number of hydrogen-bond donors (Lipinski definition) is 1. The van der Waals surface area contributed by atoms with Crippen molar-refractivity contribution in [3.05, 3.63) is 34.9 Å². The zero-order valence-electron chi connectivity index (χ0n) is 12.0. The standard InChI is InChI=1S/C16H25ClN2/c1-3-16(12-5-4-6-13(17)11-12)19(2)15-9-7-14(18)8-10-15/h4-6,11,14-16H,3,7-10,18H2,1-2H3. The molecule has 0 bridgehead atoms. The quantitative estimate of drug-likeness (QED) is 0.903. The molecule has 0 saturated heterocycles. The summed E-state index contributed by atoms with van der Waals surface area (Å²) in [5.74, 6) is 0. The van der Waals surface area contributed by atoms with Crippen molar-refractivity contribution in [3.63, 3.8) is 0 Å². The molecule has 0 heterocycles. The number of benzene rings is 1. The molecule has 1 aromatic carbocycles. The van der Waals surface area contributed by atoms with Gasteiger partial charge in [-0.1, -0.05) is 30.7 Å². The van der Waals surface area contributed by atoms with E-state index in [1.165, 1.54) is 18.4 Å². The summed E-state index contributed by atoms with van der Waals surface area (Å²) in [5, 5.41) is 0.829. The van der Waals surface area contributed by atoms with Crippen LogP contribution >= 0.6 is 11.6 Å². The minimum Gasteiger partial charge on any atom is -0.328 e. The van der Waals surface area contributed by atoms with E-state index in [9.17, 15) is 0 Å². The second-order valence-corrected chi connectivity index (χ2v) is 6.15. The Bertz CT molecular complexity index is 399. The Hall–Kier alpha value is -0.570. The maximum absolute atomic E-state index is 6.12. The number of hydrogen-bond acceptors (Lipinski definition) is 2. The van der Waals surface area contributed by atoms with Crippen molar-refractivity contribution in [1.82, 2.24) is 4.90 Å². The summed E-state index contributed by atoms with van der Waals surface area (Å²) in [5.41, 5.74) is 7.33. The second-order valence-electron chi connectivity index (χ2n) is 5.71. The van der Waals surface area contributed by atoms with E-state index in [2.05, 4.69) is 31.0 Å². The summed E-state index contributed by atoms with van der Waals surface area (Å²) in [4.78, 5) is 2.53. The molecule has 3 heteroatoms. The van der Waals surface area contributed by atoms with Gasteiger partial charge in [0, 0.05) is 23.1 Å². The van der Waals surface area contributed by atoms with Gasteiger partial charge in [0.15, 0.2) is 0 Å². The first-order valence-electron chi connectivity index (χ1n) is 7.34. The number of halogens is 1. The largest absolute Gasteiger partial charge is 0.328 e. The van der Waals surface area contributed by atoms with Gasteiger partial charge in [-0.3, -0.25) is 4.90 Å². The molecule has 0 aromatic heterocycles. The van der Waals surface area contributed by atoms with Crippen LogP contribution in [0, 0.1) is 0 Å². The Morgan fingerprint density at radius 3 is 2.58 bits per heavy atom. The molecule has 19 heavy (non-hydrogen) atoms. The summed E-state index contributed by atoms with van der Waals surface area (Å²) in [6, 6.07) is 9.80. The molecule has 0 radical (unpaired) electrons. The van der Waals surface area contributed by atoms with Crippen molar-refractivity contribution >= 4 is 11.6 Å². The zero-order valence-corrected chi connectivity index (χ0v) is 12.7. The van der Waals surface area contributed by atoms with Crippen LogP contribution in [0.2, 0.25) is 5.02 Å². The fraction of sp³-hybridized carbons (Fsp3) is 0.625. The third-order valence-electron chi connectivity index (χ3n) is 4.43. The van der Waals surface area contributed by atoms with E-state index in [1.54, 1.807) is 0 Å². The first kappa shape index (κ1) is 14.8. The van der Waals surface area contributed by atoms with E-state index in [0.29, 0.717) is 18.1 Å².